The van der Waals surface area contributed by atoms with Crippen molar-refractivity contribution in [1.82, 2.24) is 20.6 Å². The van der Waals surface area contributed by atoms with Crippen molar-refractivity contribution in [2.24, 2.45) is 0 Å². The number of aryl methyl sites for hydroxylation is 1. The number of aromatic nitrogens is 2. The summed E-state index contributed by atoms with van der Waals surface area (Å²) < 4.78 is 0. The minimum absolute atomic E-state index is 0.184. The molecule has 25 heavy (non-hydrogen) atoms. The zero-order chi connectivity index (χ0) is 17.8. The van der Waals surface area contributed by atoms with E-state index in [0.717, 1.165) is 41.6 Å². The minimum atomic E-state index is -0.438. The molecule has 1 saturated carbocycles. The maximum atomic E-state index is 12.3. The summed E-state index contributed by atoms with van der Waals surface area (Å²) in [6.45, 7) is 3.60. The van der Waals surface area contributed by atoms with Crippen molar-refractivity contribution in [3.8, 4) is 0 Å². The number of rotatable bonds is 4. The lowest BCUT2D eigenvalue weighted by Crippen LogP contribution is -2.45. The molecule has 0 unspecified atom stereocenters. The van der Waals surface area contributed by atoms with Crippen molar-refractivity contribution < 1.29 is 9.59 Å². The molecule has 3 amide bonds. The summed E-state index contributed by atoms with van der Waals surface area (Å²) in [6, 6.07) is 7.48. The Hall–Kier alpha value is -2.15. The van der Waals surface area contributed by atoms with Crippen LogP contribution in [0.2, 0.25) is 0 Å². The van der Waals surface area contributed by atoms with Gasteiger partial charge in [0, 0.05) is 11.4 Å². The van der Waals surface area contributed by atoms with Gasteiger partial charge in [-0.25, -0.2) is 14.8 Å². The molecule has 6 nitrogen and oxygen atoms in total. The number of urea groups is 1. The molecule has 1 atom stereocenters. The van der Waals surface area contributed by atoms with Crippen LogP contribution in [0.1, 0.15) is 38.4 Å². The van der Waals surface area contributed by atoms with Crippen LogP contribution in [0.15, 0.2) is 29.3 Å². The van der Waals surface area contributed by atoms with Crippen LogP contribution in [0, 0.1) is 6.92 Å². The van der Waals surface area contributed by atoms with E-state index in [1.54, 1.807) is 6.92 Å². The molecule has 2 aromatic rings. The molecular weight excluding hydrogens is 336 g/mol. The average Bonchev–Trinajstić information content (AvgIpc) is 3.07. The van der Waals surface area contributed by atoms with Gasteiger partial charge < -0.3 is 5.32 Å². The Morgan fingerprint density at radius 1 is 1.20 bits per heavy atom. The van der Waals surface area contributed by atoms with Gasteiger partial charge in [0.05, 0.1) is 10.8 Å². The van der Waals surface area contributed by atoms with E-state index in [9.17, 15) is 9.59 Å². The van der Waals surface area contributed by atoms with Crippen LogP contribution in [0.25, 0.3) is 10.9 Å². The molecule has 1 heterocycles. The number of carbonyl (C=O) groups excluding carboxylic acids is 2. The quantitative estimate of drug-likeness (QED) is 0.648. The number of thioether (sulfide) groups is 1. The Balaban J connectivity index is 1.64. The van der Waals surface area contributed by atoms with Crippen molar-refractivity contribution in [3.05, 3.63) is 30.1 Å². The van der Waals surface area contributed by atoms with Gasteiger partial charge >= 0.3 is 6.03 Å². The number of hydrogen-bond acceptors (Lipinski definition) is 5. The number of amides is 3. The van der Waals surface area contributed by atoms with Gasteiger partial charge in [-0.3, -0.25) is 10.1 Å². The number of imide groups is 1. The first kappa shape index (κ1) is 17.7. The van der Waals surface area contributed by atoms with Crippen LogP contribution in [-0.4, -0.2) is 33.2 Å². The number of para-hydroxylation sites is 1. The highest BCUT2D eigenvalue weighted by atomic mass is 32.2. The molecule has 0 bridgehead atoms. The second-order valence-electron chi connectivity index (χ2n) is 6.30. The fourth-order valence-corrected chi connectivity index (χ4v) is 3.96. The first-order valence-corrected chi connectivity index (χ1v) is 9.42. The van der Waals surface area contributed by atoms with Crippen LogP contribution in [0.3, 0.4) is 0 Å². The van der Waals surface area contributed by atoms with Crippen molar-refractivity contribution in [3.63, 3.8) is 0 Å². The third kappa shape index (κ3) is 4.48. The summed E-state index contributed by atoms with van der Waals surface area (Å²) in [5.74, 6) is 0.341. The Labute approximate surface area is 151 Å². The summed E-state index contributed by atoms with van der Waals surface area (Å²) >= 11 is 1.34. The zero-order valence-corrected chi connectivity index (χ0v) is 15.2. The van der Waals surface area contributed by atoms with Gasteiger partial charge in [-0.05, 0) is 32.8 Å². The maximum absolute atomic E-state index is 12.3. The summed E-state index contributed by atoms with van der Waals surface area (Å²) in [5.41, 5.74) is 0.851. The summed E-state index contributed by atoms with van der Waals surface area (Å²) in [5, 5.41) is 6.52. The van der Waals surface area contributed by atoms with Crippen LogP contribution in [0.4, 0.5) is 4.79 Å². The normalized spacial score (nSPS) is 15.9. The van der Waals surface area contributed by atoms with Crippen molar-refractivity contribution in [2.45, 2.75) is 55.8 Å². The number of nitrogens with one attached hydrogen (secondary N) is 2. The fourth-order valence-electron chi connectivity index (χ4n) is 2.97. The standard InChI is InChI=1S/C18H22N4O2S/c1-11(16(23)22-18(24)21-13-7-3-4-8-13)25-17-14-9-5-6-10-15(14)19-12(2)20-17/h5-6,9-11,13H,3-4,7-8H2,1-2H3,(H2,21,22,23,24)/t11-/m0/s1. The Morgan fingerprint density at radius 3 is 2.68 bits per heavy atom. The molecule has 2 N–H and O–H groups in total. The smallest absolute Gasteiger partial charge is 0.321 e. The lowest BCUT2D eigenvalue weighted by atomic mass is 10.2. The van der Waals surface area contributed by atoms with E-state index in [-0.39, 0.29) is 11.9 Å². The molecule has 3 rings (SSSR count). The molecule has 0 saturated heterocycles. The first-order valence-electron chi connectivity index (χ1n) is 8.54. The number of benzene rings is 1. The molecule has 0 radical (unpaired) electrons. The third-order valence-electron chi connectivity index (χ3n) is 4.26. The van der Waals surface area contributed by atoms with Gasteiger partial charge in [0.2, 0.25) is 5.91 Å². The van der Waals surface area contributed by atoms with E-state index in [4.69, 9.17) is 0 Å². The first-order chi connectivity index (χ1) is 12.0. The molecule has 1 aromatic heterocycles. The monoisotopic (exact) mass is 358 g/mol. The lowest BCUT2D eigenvalue weighted by Gasteiger charge is -2.15. The highest BCUT2D eigenvalue weighted by molar-refractivity contribution is 8.00. The van der Waals surface area contributed by atoms with Gasteiger partial charge in [0.15, 0.2) is 0 Å². The summed E-state index contributed by atoms with van der Waals surface area (Å²) in [7, 11) is 0. The zero-order valence-electron chi connectivity index (χ0n) is 14.4. The van der Waals surface area contributed by atoms with Gasteiger partial charge in [-0.1, -0.05) is 42.8 Å². The molecule has 132 valence electrons. The third-order valence-corrected chi connectivity index (χ3v) is 5.37. The number of carbonyl (C=O) groups is 2. The van der Waals surface area contributed by atoms with E-state index in [1.165, 1.54) is 11.8 Å². The lowest BCUT2D eigenvalue weighted by molar-refractivity contribution is -0.119. The Bertz CT molecular complexity index is 790. The average molecular weight is 358 g/mol. The number of fused-ring (bicyclic) bond motifs is 1. The van der Waals surface area contributed by atoms with Crippen molar-refractivity contribution >= 4 is 34.6 Å². The van der Waals surface area contributed by atoms with E-state index in [2.05, 4.69) is 20.6 Å². The fraction of sp³-hybridized carbons (Fsp3) is 0.444. The van der Waals surface area contributed by atoms with Crippen LogP contribution >= 0.6 is 11.8 Å². The molecule has 1 aromatic carbocycles. The highest BCUT2D eigenvalue weighted by Crippen LogP contribution is 2.28. The van der Waals surface area contributed by atoms with Gasteiger partial charge in [0.1, 0.15) is 10.9 Å². The van der Waals surface area contributed by atoms with Crippen LogP contribution < -0.4 is 10.6 Å². The molecule has 0 spiro atoms. The van der Waals surface area contributed by atoms with Crippen LogP contribution in [0.5, 0.6) is 0 Å². The van der Waals surface area contributed by atoms with E-state index in [0.29, 0.717) is 5.82 Å². The van der Waals surface area contributed by atoms with E-state index < -0.39 is 11.3 Å². The highest BCUT2D eigenvalue weighted by Gasteiger charge is 2.22. The minimum Gasteiger partial charge on any atom is -0.335 e. The maximum Gasteiger partial charge on any atom is 0.321 e. The van der Waals surface area contributed by atoms with Gasteiger partial charge in [-0.2, -0.15) is 0 Å². The van der Waals surface area contributed by atoms with E-state index in [1.807, 2.05) is 31.2 Å². The Morgan fingerprint density at radius 2 is 1.92 bits per heavy atom. The number of hydrogen-bond donors (Lipinski definition) is 2. The largest absolute Gasteiger partial charge is 0.335 e. The summed E-state index contributed by atoms with van der Waals surface area (Å²) in [4.78, 5) is 33.1. The molecule has 1 aliphatic rings. The van der Waals surface area contributed by atoms with E-state index >= 15 is 0 Å². The summed E-state index contributed by atoms with van der Waals surface area (Å²) in [6.07, 6.45) is 4.23. The van der Waals surface area contributed by atoms with Gasteiger partial charge in [-0.15, -0.1) is 0 Å². The topological polar surface area (TPSA) is 84.0 Å². The molecule has 1 aliphatic carbocycles. The van der Waals surface area contributed by atoms with Crippen molar-refractivity contribution in [2.75, 3.05) is 0 Å². The predicted octanol–water partition coefficient (Wildman–Crippen LogP) is 3.19. The molecular formula is C18H22N4O2S. The molecule has 7 heteroatoms. The Kier molecular flexibility index (Phi) is 5.53. The molecule has 0 aliphatic heterocycles. The predicted molar refractivity (Wildman–Crippen MR) is 98.5 cm³/mol. The van der Waals surface area contributed by atoms with Crippen LogP contribution in [-0.2, 0) is 4.79 Å². The SMILES string of the molecule is Cc1nc(S[C@@H](C)C(=O)NC(=O)NC2CCCC2)c2ccccc2n1. The second kappa shape index (κ2) is 7.82. The second-order valence-corrected chi connectivity index (χ2v) is 7.63. The van der Waals surface area contributed by atoms with Gasteiger partial charge in [0.25, 0.3) is 0 Å². The molecule has 1 fully saturated rings. The van der Waals surface area contributed by atoms with Crippen molar-refractivity contribution in [1.29, 1.82) is 0 Å². The number of nitrogens with zero attached hydrogens (tertiary/aromatic N) is 2.